The Labute approximate surface area is 212 Å². The summed E-state index contributed by atoms with van der Waals surface area (Å²) < 4.78 is 0. The van der Waals surface area contributed by atoms with Crippen LogP contribution in [0.1, 0.15) is 61.9 Å². The quantitative estimate of drug-likeness (QED) is 0.367. The Kier molecular flexibility index (Phi) is 6.86. The van der Waals surface area contributed by atoms with E-state index in [9.17, 15) is 9.90 Å². The maximum atomic E-state index is 13.0. The Morgan fingerprint density at radius 2 is 1.31 bits per heavy atom. The van der Waals surface area contributed by atoms with Crippen molar-refractivity contribution in [2.75, 3.05) is 0 Å². The predicted octanol–water partition coefficient (Wildman–Crippen LogP) is 6.33. The van der Waals surface area contributed by atoms with Crippen LogP contribution in [0.25, 0.3) is 16.8 Å². The van der Waals surface area contributed by atoms with E-state index in [0.29, 0.717) is 11.4 Å². The Hall–Kier alpha value is -3.92. The summed E-state index contributed by atoms with van der Waals surface area (Å²) in [5.74, 6) is -0.495. The SMILES string of the molecule is CCCCc1ccc(C2=NC(=C3C(=O)C(c4ccc(-c5ccc(CCCC)cc5)[nH]4)=C3[O-])C=C2)cc1. The van der Waals surface area contributed by atoms with E-state index in [1.54, 1.807) is 6.08 Å². The second kappa shape index (κ2) is 10.4. The Morgan fingerprint density at radius 3 is 1.89 bits per heavy atom. The predicted molar refractivity (Wildman–Crippen MR) is 145 cm³/mol. The monoisotopic (exact) mass is 475 g/mol. The fourth-order valence-corrected chi connectivity index (χ4v) is 4.70. The highest BCUT2D eigenvalue weighted by Crippen LogP contribution is 2.38. The molecule has 0 amide bonds. The number of Topliss-reactive ketones (excluding diaryl/α,β-unsaturated/α-hetero) is 1. The summed E-state index contributed by atoms with van der Waals surface area (Å²) >= 11 is 0. The minimum atomic E-state index is -0.247. The number of nitrogens with zero attached hydrogens (tertiary/aromatic N) is 1. The number of H-pyrrole nitrogens is 1. The number of unbranched alkanes of at least 4 members (excludes halogenated alkanes) is 2. The summed E-state index contributed by atoms with van der Waals surface area (Å²) in [7, 11) is 0. The van der Waals surface area contributed by atoms with Gasteiger partial charge in [-0.05, 0) is 66.7 Å². The molecule has 2 aromatic carbocycles. The minimum Gasteiger partial charge on any atom is -0.871 e. The Bertz CT molecular complexity index is 1400. The van der Waals surface area contributed by atoms with Crippen LogP contribution in [-0.2, 0) is 17.6 Å². The number of aryl methyl sites for hydroxylation is 2. The molecule has 1 aliphatic carbocycles. The third-order valence-electron chi connectivity index (χ3n) is 6.91. The number of benzene rings is 2. The first-order chi connectivity index (χ1) is 17.6. The largest absolute Gasteiger partial charge is 0.871 e. The molecule has 2 heterocycles. The molecule has 5 rings (SSSR count). The van der Waals surface area contributed by atoms with Gasteiger partial charge in [0, 0.05) is 28.1 Å². The van der Waals surface area contributed by atoms with Crippen molar-refractivity contribution in [3.05, 3.63) is 112 Å². The van der Waals surface area contributed by atoms with Gasteiger partial charge >= 0.3 is 0 Å². The molecule has 0 saturated heterocycles. The van der Waals surface area contributed by atoms with Crippen molar-refractivity contribution in [1.82, 2.24) is 4.98 Å². The summed E-state index contributed by atoms with van der Waals surface area (Å²) in [5, 5.41) is 13.0. The maximum Gasteiger partial charge on any atom is 0.196 e. The van der Waals surface area contributed by atoms with Crippen LogP contribution in [0.2, 0.25) is 0 Å². The molecule has 36 heavy (non-hydrogen) atoms. The van der Waals surface area contributed by atoms with E-state index < -0.39 is 0 Å². The number of ketones is 1. The van der Waals surface area contributed by atoms with Gasteiger partial charge in [-0.2, -0.15) is 0 Å². The van der Waals surface area contributed by atoms with Gasteiger partial charge in [-0.3, -0.25) is 4.79 Å². The first kappa shape index (κ1) is 23.8. The van der Waals surface area contributed by atoms with Gasteiger partial charge in [0.2, 0.25) is 0 Å². The number of nitrogens with one attached hydrogen (secondary N) is 1. The van der Waals surface area contributed by atoms with Crippen LogP contribution in [0.4, 0.5) is 0 Å². The number of aromatic amines is 1. The van der Waals surface area contributed by atoms with E-state index >= 15 is 0 Å². The fourth-order valence-electron chi connectivity index (χ4n) is 4.70. The molecule has 4 nitrogen and oxygen atoms in total. The van der Waals surface area contributed by atoms with Crippen LogP contribution in [0.15, 0.2) is 94.8 Å². The van der Waals surface area contributed by atoms with Gasteiger partial charge in [0.25, 0.3) is 0 Å². The van der Waals surface area contributed by atoms with Gasteiger partial charge in [-0.25, -0.2) is 4.99 Å². The number of hydrogen-bond acceptors (Lipinski definition) is 3. The second-order valence-corrected chi connectivity index (χ2v) is 9.51. The average molecular weight is 476 g/mol. The van der Waals surface area contributed by atoms with Crippen molar-refractivity contribution >= 4 is 17.1 Å². The summed E-state index contributed by atoms with van der Waals surface area (Å²) in [6.45, 7) is 4.38. The molecule has 0 unspecified atom stereocenters. The summed E-state index contributed by atoms with van der Waals surface area (Å²) in [5.41, 5.74) is 7.72. The van der Waals surface area contributed by atoms with E-state index in [2.05, 4.69) is 72.4 Å². The van der Waals surface area contributed by atoms with Gasteiger partial charge in [-0.15, -0.1) is 0 Å². The van der Waals surface area contributed by atoms with Gasteiger partial charge in [0.15, 0.2) is 5.78 Å². The lowest BCUT2D eigenvalue weighted by Gasteiger charge is -2.30. The third kappa shape index (κ3) is 4.64. The van der Waals surface area contributed by atoms with Crippen molar-refractivity contribution in [3.8, 4) is 11.3 Å². The van der Waals surface area contributed by atoms with Crippen LogP contribution in [0, 0.1) is 0 Å². The second-order valence-electron chi connectivity index (χ2n) is 9.51. The summed E-state index contributed by atoms with van der Waals surface area (Å²) in [6.07, 6.45) is 10.5. The van der Waals surface area contributed by atoms with Crippen molar-refractivity contribution < 1.29 is 9.90 Å². The molecule has 2 aliphatic rings. The number of rotatable bonds is 9. The molecule has 182 valence electrons. The van der Waals surface area contributed by atoms with E-state index in [0.717, 1.165) is 35.4 Å². The van der Waals surface area contributed by atoms with Crippen molar-refractivity contribution in [2.24, 2.45) is 4.99 Å². The van der Waals surface area contributed by atoms with E-state index in [-0.39, 0.29) is 22.7 Å². The molecular weight excluding hydrogens is 444 g/mol. The molecule has 0 spiro atoms. The third-order valence-corrected chi connectivity index (χ3v) is 6.91. The number of carbonyl (C=O) groups is 1. The molecule has 1 aliphatic heterocycles. The highest BCUT2D eigenvalue weighted by Gasteiger charge is 2.32. The van der Waals surface area contributed by atoms with E-state index in [4.69, 9.17) is 0 Å². The zero-order valence-corrected chi connectivity index (χ0v) is 20.9. The van der Waals surface area contributed by atoms with Crippen LogP contribution >= 0.6 is 0 Å². The van der Waals surface area contributed by atoms with Gasteiger partial charge in [-0.1, -0.05) is 81.0 Å². The molecule has 4 heteroatoms. The van der Waals surface area contributed by atoms with Crippen LogP contribution in [0.5, 0.6) is 0 Å². The zero-order chi connectivity index (χ0) is 25.1. The Balaban J connectivity index is 1.34. The lowest BCUT2D eigenvalue weighted by atomic mass is 9.85. The van der Waals surface area contributed by atoms with Gasteiger partial charge < -0.3 is 10.1 Å². The van der Waals surface area contributed by atoms with Gasteiger partial charge in [0.05, 0.1) is 11.4 Å². The molecule has 0 atom stereocenters. The van der Waals surface area contributed by atoms with Crippen molar-refractivity contribution in [3.63, 3.8) is 0 Å². The number of hydrogen-bond donors (Lipinski definition) is 1. The molecule has 1 aromatic heterocycles. The number of aromatic nitrogens is 1. The number of carbonyl (C=O) groups excluding carboxylic acids is 1. The van der Waals surface area contributed by atoms with Crippen LogP contribution < -0.4 is 5.11 Å². The molecule has 0 bridgehead atoms. The van der Waals surface area contributed by atoms with Crippen molar-refractivity contribution in [2.45, 2.75) is 52.4 Å². The standard InChI is InChI=1S/C32H32N2O2/c1-3-5-7-21-9-13-23(14-10-21)25-17-19-27(33-25)29-31(35)30(32(29)36)28-20-18-26(34-28)24-15-11-22(12-16-24)8-6-4-2/h9-20,33,35H,3-8H2,1-2H3/p-1. The number of allylic oxidation sites excluding steroid dienone is 4. The maximum absolute atomic E-state index is 13.0. The molecule has 3 aromatic rings. The lowest BCUT2D eigenvalue weighted by Crippen LogP contribution is -2.30. The van der Waals surface area contributed by atoms with Crippen molar-refractivity contribution in [1.29, 1.82) is 0 Å². The molecule has 0 fully saturated rings. The highest BCUT2D eigenvalue weighted by atomic mass is 16.3. The number of aliphatic imine (C=N–C) groups is 1. The van der Waals surface area contributed by atoms with E-state index in [1.807, 2.05) is 18.2 Å². The zero-order valence-electron chi connectivity index (χ0n) is 20.9. The first-order valence-corrected chi connectivity index (χ1v) is 12.9. The van der Waals surface area contributed by atoms with Gasteiger partial charge in [0.1, 0.15) is 0 Å². The molecule has 0 saturated carbocycles. The summed E-state index contributed by atoms with van der Waals surface area (Å²) in [4.78, 5) is 20.9. The topological polar surface area (TPSA) is 68.3 Å². The minimum absolute atomic E-state index is 0.173. The smallest absolute Gasteiger partial charge is 0.196 e. The average Bonchev–Trinajstić information content (AvgIpc) is 3.57. The Morgan fingerprint density at radius 1 is 0.722 bits per heavy atom. The van der Waals surface area contributed by atoms with Crippen LogP contribution in [0.3, 0.4) is 0 Å². The molecular formula is C32H31N2O2-. The fraction of sp³-hybridized carbons (Fsp3) is 0.250. The van der Waals surface area contributed by atoms with E-state index in [1.165, 1.54) is 36.8 Å². The van der Waals surface area contributed by atoms with Crippen LogP contribution in [-0.4, -0.2) is 16.5 Å². The summed E-state index contributed by atoms with van der Waals surface area (Å²) in [6, 6.07) is 20.5. The highest BCUT2D eigenvalue weighted by molar-refractivity contribution is 6.39. The normalized spacial score (nSPS) is 17.1. The lowest BCUT2D eigenvalue weighted by molar-refractivity contribution is -0.297. The molecule has 1 N–H and O–H groups in total. The molecule has 0 radical (unpaired) electrons. The first-order valence-electron chi connectivity index (χ1n) is 12.9.